The van der Waals surface area contributed by atoms with Gasteiger partial charge in [0.2, 0.25) is 21.8 Å². The van der Waals surface area contributed by atoms with Gasteiger partial charge in [0, 0.05) is 36.8 Å². The highest BCUT2D eigenvalue weighted by molar-refractivity contribution is 7.88. The Balaban J connectivity index is 1.57. The van der Waals surface area contributed by atoms with Crippen molar-refractivity contribution >= 4 is 15.7 Å². The third-order valence-corrected chi connectivity index (χ3v) is 4.88. The Morgan fingerprint density at radius 1 is 1.27 bits per heavy atom. The summed E-state index contributed by atoms with van der Waals surface area (Å²) < 4.78 is 30.8. The molecule has 3 rings (SSSR count). The van der Waals surface area contributed by atoms with E-state index in [1.807, 2.05) is 0 Å². The van der Waals surface area contributed by atoms with E-state index in [1.54, 1.807) is 12.1 Å². The summed E-state index contributed by atoms with van der Waals surface area (Å²) in [5.41, 5.74) is 0.615. The zero-order chi connectivity index (χ0) is 18.7. The summed E-state index contributed by atoms with van der Waals surface area (Å²) in [6.45, 7) is 1.93. The smallest absolute Gasteiger partial charge is 0.269 e. The maximum absolute atomic E-state index is 11.3. The molecule has 1 saturated heterocycles. The van der Waals surface area contributed by atoms with E-state index in [4.69, 9.17) is 4.42 Å². The van der Waals surface area contributed by atoms with Gasteiger partial charge in [0.25, 0.3) is 5.69 Å². The molecule has 2 aromatic rings. The Bertz CT molecular complexity index is 872. The molecule has 1 aliphatic rings. The van der Waals surface area contributed by atoms with E-state index in [2.05, 4.69) is 19.8 Å². The second-order valence-corrected chi connectivity index (χ2v) is 8.03. The van der Waals surface area contributed by atoms with Crippen molar-refractivity contribution in [3.63, 3.8) is 0 Å². The molecule has 0 unspecified atom stereocenters. The fourth-order valence-corrected chi connectivity index (χ4v) is 3.70. The fourth-order valence-electron chi connectivity index (χ4n) is 2.86. The first-order chi connectivity index (χ1) is 12.3. The van der Waals surface area contributed by atoms with Crippen LogP contribution in [0.2, 0.25) is 0 Å². The van der Waals surface area contributed by atoms with E-state index in [0.717, 1.165) is 32.2 Å². The highest BCUT2D eigenvalue weighted by Gasteiger charge is 2.23. The largest absolute Gasteiger partial charge is 0.419 e. The van der Waals surface area contributed by atoms with E-state index in [-0.39, 0.29) is 11.7 Å². The maximum atomic E-state index is 11.3. The van der Waals surface area contributed by atoms with Gasteiger partial charge in [0.1, 0.15) is 0 Å². The number of nitrogens with zero attached hydrogens (tertiary/aromatic N) is 4. The van der Waals surface area contributed by atoms with Crippen LogP contribution in [0.5, 0.6) is 0 Å². The van der Waals surface area contributed by atoms with Crippen LogP contribution in [0.3, 0.4) is 0 Å². The molecule has 0 saturated carbocycles. The molecule has 26 heavy (non-hydrogen) atoms. The van der Waals surface area contributed by atoms with Gasteiger partial charge in [0.05, 0.1) is 17.7 Å². The number of nitro groups is 1. The number of non-ortho nitro benzene ring substituents is 1. The first-order valence-corrected chi connectivity index (χ1v) is 9.96. The number of nitro benzene ring substituents is 1. The van der Waals surface area contributed by atoms with Crippen molar-refractivity contribution in [2.45, 2.75) is 25.4 Å². The molecule has 1 aliphatic heterocycles. The summed E-state index contributed by atoms with van der Waals surface area (Å²) in [6.07, 6.45) is 2.60. The average molecular weight is 381 g/mol. The van der Waals surface area contributed by atoms with Crippen molar-refractivity contribution in [1.29, 1.82) is 0 Å². The predicted octanol–water partition coefficient (Wildman–Crippen LogP) is 1.16. The zero-order valence-electron chi connectivity index (χ0n) is 14.2. The molecule has 1 aromatic carbocycles. The van der Waals surface area contributed by atoms with Crippen LogP contribution in [0.25, 0.3) is 11.5 Å². The molecule has 11 heteroatoms. The van der Waals surface area contributed by atoms with Gasteiger partial charge >= 0.3 is 0 Å². The highest BCUT2D eigenvalue weighted by atomic mass is 32.2. The van der Waals surface area contributed by atoms with Crippen LogP contribution in [0.15, 0.2) is 28.7 Å². The number of hydrogen-bond donors (Lipinski definition) is 1. The lowest BCUT2D eigenvalue weighted by Gasteiger charge is -2.30. The number of piperidine rings is 1. The van der Waals surface area contributed by atoms with E-state index >= 15 is 0 Å². The minimum absolute atomic E-state index is 0.000868. The Hall–Kier alpha value is -2.37. The van der Waals surface area contributed by atoms with Crippen LogP contribution < -0.4 is 4.72 Å². The van der Waals surface area contributed by atoms with E-state index in [9.17, 15) is 18.5 Å². The summed E-state index contributed by atoms with van der Waals surface area (Å²) in [5, 5.41) is 18.7. The molecule has 1 aromatic heterocycles. The Morgan fingerprint density at radius 3 is 2.50 bits per heavy atom. The number of likely N-dealkylation sites (tertiary alicyclic amines) is 1. The number of aromatic nitrogens is 2. The van der Waals surface area contributed by atoms with Crippen LogP contribution in [-0.4, -0.2) is 53.8 Å². The van der Waals surface area contributed by atoms with Gasteiger partial charge in [-0.05, 0) is 25.0 Å². The number of nitrogens with one attached hydrogen (secondary N) is 1. The average Bonchev–Trinajstić information content (AvgIpc) is 3.04. The Labute approximate surface area is 150 Å². The van der Waals surface area contributed by atoms with E-state index in [0.29, 0.717) is 23.9 Å². The van der Waals surface area contributed by atoms with Crippen molar-refractivity contribution in [3.8, 4) is 11.5 Å². The summed E-state index contributed by atoms with van der Waals surface area (Å²) in [5.74, 6) is 0.761. The number of rotatable bonds is 6. The van der Waals surface area contributed by atoms with Crippen LogP contribution in [0, 0.1) is 10.1 Å². The van der Waals surface area contributed by atoms with E-state index in [1.165, 1.54) is 12.1 Å². The standard InChI is InChI=1S/C15H19N5O5S/c1-26(23,24)18-12-6-8-19(9-7-12)10-14-16-17-15(25-14)11-2-4-13(5-3-11)20(21)22/h2-5,12,18H,6-10H2,1H3. The van der Waals surface area contributed by atoms with Gasteiger partial charge in [0.15, 0.2) is 0 Å². The normalized spacial score (nSPS) is 16.7. The van der Waals surface area contributed by atoms with Crippen LogP contribution in [0.1, 0.15) is 18.7 Å². The molecule has 10 nitrogen and oxygen atoms in total. The van der Waals surface area contributed by atoms with Crippen molar-refractivity contribution < 1.29 is 17.8 Å². The van der Waals surface area contributed by atoms with Crippen molar-refractivity contribution in [2.75, 3.05) is 19.3 Å². The van der Waals surface area contributed by atoms with Gasteiger partial charge < -0.3 is 4.42 Å². The monoisotopic (exact) mass is 381 g/mol. The highest BCUT2D eigenvalue weighted by Crippen LogP contribution is 2.22. The van der Waals surface area contributed by atoms with Crippen molar-refractivity contribution in [3.05, 3.63) is 40.3 Å². The summed E-state index contributed by atoms with van der Waals surface area (Å²) >= 11 is 0. The molecule has 0 spiro atoms. The quantitative estimate of drug-likeness (QED) is 0.582. The van der Waals surface area contributed by atoms with Gasteiger partial charge in [-0.15, -0.1) is 10.2 Å². The number of sulfonamides is 1. The molecule has 0 radical (unpaired) electrons. The maximum Gasteiger partial charge on any atom is 0.269 e. The predicted molar refractivity (Wildman–Crippen MR) is 92.7 cm³/mol. The molecule has 140 valence electrons. The summed E-state index contributed by atoms with van der Waals surface area (Å²) in [7, 11) is -3.19. The second-order valence-electron chi connectivity index (χ2n) is 6.25. The van der Waals surface area contributed by atoms with Crippen molar-refractivity contribution in [2.24, 2.45) is 0 Å². The van der Waals surface area contributed by atoms with Gasteiger partial charge in [-0.25, -0.2) is 13.1 Å². The first kappa shape index (κ1) is 18.4. The Kier molecular flexibility index (Phi) is 5.30. The number of hydrogen-bond acceptors (Lipinski definition) is 8. The van der Waals surface area contributed by atoms with Gasteiger partial charge in [-0.2, -0.15) is 0 Å². The first-order valence-electron chi connectivity index (χ1n) is 8.07. The minimum atomic E-state index is -3.19. The molecular weight excluding hydrogens is 362 g/mol. The van der Waals surface area contributed by atoms with Crippen LogP contribution >= 0.6 is 0 Å². The zero-order valence-corrected chi connectivity index (χ0v) is 15.0. The lowest BCUT2D eigenvalue weighted by molar-refractivity contribution is -0.384. The third kappa shape index (κ3) is 4.84. The molecule has 1 fully saturated rings. The fraction of sp³-hybridized carbons (Fsp3) is 0.467. The van der Waals surface area contributed by atoms with Crippen molar-refractivity contribution in [1.82, 2.24) is 19.8 Å². The summed E-state index contributed by atoms with van der Waals surface area (Å²) in [6, 6.07) is 5.87. The van der Waals surface area contributed by atoms with Gasteiger partial charge in [-0.1, -0.05) is 0 Å². The molecule has 2 heterocycles. The second kappa shape index (κ2) is 7.48. The van der Waals surface area contributed by atoms with Crippen LogP contribution in [0.4, 0.5) is 5.69 Å². The molecule has 0 atom stereocenters. The topological polar surface area (TPSA) is 131 Å². The molecule has 0 amide bonds. The van der Waals surface area contributed by atoms with Gasteiger partial charge in [-0.3, -0.25) is 15.0 Å². The lowest BCUT2D eigenvalue weighted by atomic mass is 10.1. The third-order valence-electron chi connectivity index (χ3n) is 4.12. The minimum Gasteiger partial charge on any atom is -0.419 e. The molecule has 0 bridgehead atoms. The lowest BCUT2D eigenvalue weighted by Crippen LogP contribution is -2.43. The molecule has 1 N–H and O–H groups in total. The Morgan fingerprint density at radius 2 is 1.92 bits per heavy atom. The number of benzene rings is 1. The summed E-state index contributed by atoms with van der Waals surface area (Å²) in [4.78, 5) is 12.3. The van der Waals surface area contributed by atoms with E-state index < -0.39 is 14.9 Å². The molecular formula is C15H19N5O5S. The van der Waals surface area contributed by atoms with Crippen LogP contribution in [-0.2, 0) is 16.6 Å². The molecule has 0 aliphatic carbocycles. The SMILES string of the molecule is CS(=O)(=O)NC1CCN(Cc2nnc(-c3ccc([N+](=O)[O-])cc3)o2)CC1.